The second-order valence-electron chi connectivity index (χ2n) is 5.34. The van der Waals surface area contributed by atoms with E-state index in [0.717, 1.165) is 24.4 Å². The average Bonchev–Trinajstić information content (AvgIpc) is 2.56. The summed E-state index contributed by atoms with van der Waals surface area (Å²) in [6.07, 6.45) is 1.04. The molecule has 2 aromatic rings. The Balaban J connectivity index is 2.00. The topological polar surface area (TPSA) is 32.3 Å². The van der Waals surface area contributed by atoms with Crippen LogP contribution >= 0.6 is 11.8 Å². The number of hydrogen-bond donors (Lipinski definition) is 1. The number of fused-ring (bicyclic) bond motifs is 3. The summed E-state index contributed by atoms with van der Waals surface area (Å²) in [5.41, 5.74) is 3.29. The zero-order chi connectivity index (χ0) is 14.3. The minimum atomic E-state index is -0.390. The first-order valence-electron chi connectivity index (χ1n) is 7.20. The van der Waals surface area contributed by atoms with Gasteiger partial charge in [0.25, 0.3) is 0 Å². The van der Waals surface area contributed by atoms with Crippen LogP contribution < -0.4 is 5.32 Å². The molecule has 2 aliphatic rings. The van der Waals surface area contributed by atoms with E-state index < -0.39 is 4.87 Å². The van der Waals surface area contributed by atoms with Gasteiger partial charge >= 0.3 is 6.03 Å². The van der Waals surface area contributed by atoms with Gasteiger partial charge in [-0.25, -0.2) is 4.79 Å². The first-order chi connectivity index (χ1) is 10.3. The van der Waals surface area contributed by atoms with E-state index in [1.54, 1.807) is 0 Å². The Morgan fingerprint density at radius 2 is 1.81 bits per heavy atom. The fraction of sp³-hybridized carbons (Fsp3) is 0.235. The number of hydrogen-bond acceptors (Lipinski definition) is 2. The SMILES string of the molecule is O=C1Nc2ccccc2C2(c3ccccc3)SCCCN12. The van der Waals surface area contributed by atoms with Crippen molar-refractivity contribution in [3.8, 4) is 0 Å². The zero-order valence-electron chi connectivity index (χ0n) is 11.6. The number of urea groups is 1. The van der Waals surface area contributed by atoms with Crippen LogP contribution in [0.25, 0.3) is 0 Å². The van der Waals surface area contributed by atoms with E-state index in [1.165, 1.54) is 11.1 Å². The molecule has 1 unspecified atom stereocenters. The molecule has 1 atom stereocenters. The molecular formula is C17H16N2OS. The molecule has 0 radical (unpaired) electrons. The van der Waals surface area contributed by atoms with Crippen LogP contribution in [0.3, 0.4) is 0 Å². The maximum atomic E-state index is 12.6. The van der Waals surface area contributed by atoms with Crippen molar-refractivity contribution < 1.29 is 4.79 Å². The quantitative estimate of drug-likeness (QED) is 0.866. The summed E-state index contributed by atoms with van der Waals surface area (Å²) < 4.78 is 0. The van der Waals surface area contributed by atoms with E-state index in [-0.39, 0.29) is 6.03 Å². The van der Waals surface area contributed by atoms with Crippen molar-refractivity contribution in [1.29, 1.82) is 0 Å². The van der Waals surface area contributed by atoms with Gasteiger partial charge in [-0.3, -0.25) is 0 Å². The number of benzene rings is 2. The highest BCUT2D eigenvalue weighted by atomic mass is 32.2. The molecule has 21 heavy (non-hydrogen) atoms. The van der Waals surface area contributed by atoms with Gasteiger partial charge in [0.2, 0.25) is 0 Å². The van der Waals surface area contributed by atoms with Gasteiger partial charge in [0, 0.05) is 17.8 Å². The Bertz CT molecular complexity index is 688. The molecular weight excluding hydrogens is 280 g/mol. The molecule has 2 heterocycles. The third kappa shape index (κ3) is 1.79. The van der Waals surface area contributed by atoms with Crippen LogP contribution in [0.1, 0.15) is 17.5 Å². The summed E-state index contributed by atoms with van der Waals surface area (Å²) in [6, 6.07) is 18.5. The summed E-state index contributed by atoms with van der Waals surface area (Å²) in [4.78, 5) is 14.2. The molecule has 4 rings (SSSR count). The number of thioether (sulfide) groups is 1. The molecule has 2 aliphatic heterocycles. The van der Waals surface area contributed by atoms with Crippen LogP contribution in [0.4, 0.5) is 10.5 Å². The highest BCUT2D eigenvalue weighted by molar-refractivity contribution is 8.00. The number of carbonyl (C=O) groups is 1. The van der Waals surface area contributed by atoms with Gasteiger partial charge in [0.1, 0.15) is 4.87 Å². The third-order valence-corrected chi connectivity index (χ3v) is 5.75. The predicted molar refractivity (Wildman–Crippen MR) is 86.5 cm³/mol. The lowest BCUT2D eigenvalue weighted by atomic mass is 9.92. The number of amides is 2. The summed E-state index contributed by atoms with van der Waals surface area (Å²) >= 11 is 1.86. The molecule has 2 aromatic carbocycles. The molecule has 0 bridgehead atoms. The van der Waals surface area contributed by atoms with Crippen molar-refractivity contribution in [2.45, 2.75) is 11.3 Å². The summed E-state index contributed by atoms with van der Waals surface area (Å²) in [5, 5.41) is 3.03. The normalized spacial score (nSPS) is 24.0. The van der Waals surface area contributed by atoms with Gasteiger partial charge in [-0.15, -0.1) is 11.8 Å². The maximum Gasteiger partial charge on any atom is 0.323 e. The molecule has 3 nitrogen and oxygen atoms in total. The van der Waals surface area contributed by atoms with E-state index in [2.05, 4.69) is 23.5 Å². The molecule has 2 amide bonds. The van der Waals surface area contributed by atoms with E-state index in [0.29, 0.717) is 0 Å². The molecule has 0 spiro atoms. The molecule has 0 aromatic heterocycles. The van der Waals surface area contributed by atoms with Crippen LogP contribution in [-0.4, -0.2) is 23.2 Å². The zero-order valence-corrected chi connectivity index (χ0v) is 12.4. The van der Waals surface area contributed by atoms with Gasteiger partial charge in [-0.1, -0.05) is 48.5 Å². The monoisotopic (exact) mass is 296 g/mol. The molecule has 0 saturated carbocycles. The Kier molecular flexibility index (Phi) is 2.93. The van der Waals surface area contributed by atoms with Crippen LogP contribution in [0, 0.1) is 0 Å². The lowest BCUT2D eigenvalue weighted by Gasteiger charge is -2.50. The highest BCUT2D eigenvalue weighted by Crippen LogP contribution is 2.52. The predicted octanol–water partition coefficient (Wildman–Crippen LogP) is 3.87. The van der Waals surface area contributed by atoms with Crippen LogP contribution in [0.5, 0.6) is 0 Å². The molecule has 1 N–H and O–H groups in total. The molecule has 106 valence electrons. The third-order valence-electron chi connectivity index (χ3n) is 4.16. The molecule has 1 saturated heterocycles. The number of rotatable bonds is 1. The molecule has 1 fully saturated rings. The number of carbonyl (C=O) groups excluding carboxylic acids is 1. The van der Waals surface area contributed by atoms with Gasteiger partial charge < -0.3 is 10.2 Å². The Labute approximate surface area is 128 Å². The highest BCUT2D eigenvalue weighted by Gasteiger charge is 2.49. The Morgan fingerprint density at radius 1 is 1.05 bits per heavy atom. The van der Waals surface area contributed by atoms with Gasteiger partial charge in [-0.05, 0) is 23.8 Å². The number of para-hydroxylation sites is 1. The van der Waals surface area contributed by atoms with E-state index in [9.17, 15) is 4.79 Å². The summed E-state index contributed by atoms with van der Waals surface area (Å²) in [7, 11) is 0. The van der Waals surface area contributed by atoms with Crippen molar-refractivity contribution in [3.63, 3.8) is 0 Å². The first kappa shape index (κ1) is 12.8. The summed E-state index contributed by atoms with van der Waals surface area (Å²) in [6.45, 7) is 0.794. The lowest BCUT2D eigenvalue weighted by molar-refractivity contribution is 0.181. The van der Waals surface area contributed by atoms with Gasteiger partial charge in [-0.2, -0.15) is 0 Å². The number of nitrogens with zero attached hydrogens (tertiary/aromatic N) is 1. The second kappa shape index (κ2) is 4.81. The minimum absolute atomic E-state index is 0.00440. The fourth-order valence-electron chi connectivity index (χ4n) is 3.27. The van der Waals surface area contributed by atoms with Crippen LogP contribution in [0.15, 0.2) is 54.6 Å². The van der Waals surface area contributed by atoms with Crippen molar-refractivity contribution in [1.82, 2.24) is 4.90 Å². The maximum absolute atomic E-state index is 12.6. The van der Waals surface area contributed by atoms with Crippen molar-refractivity contribution in [3.05, 3.63) is 65.7 Å². The van der Waals surface area contributed by atoms with Crippen molar-refractivity contribution >= 4 is 23.5 Å². The fourth-order valence-corrected chi connectivity index (χ4v) is 4.81. The lowest BCUT2D eigenvalue weighted by Crippen LogP contribution is -2.56. The minimum Gasteiger partial charge on any atom is -0.307 e. The Hall–Kier alpha value is -1.94. The summed E-state index contributed by atoms with van der Waals surface area (Å²) in [5.74, 6) is 1.06. The second-order valence-corrected chi connectivity index (χ2v) is 6.63. The van der Waals surface area contributed by atoms with Gasteiger partial charge in [0.15, 0.2) is 0 Å². The average molecular weight is 296 g/mol. The number of nitrogens with one attached hydrogen (secondary N) is 1. The van der Waals surface area contributed by atoms with Crippen LogP contribution in [0.2, 0.25) is 0 Å². The van der Waals surface area contributed by atoms with E-state index >= 15 is 0 Å². The van der Waals surface area contributed by atoms with E-state index in [1.807, 2.05) is 53.1 Å². The molecule has 0 aliphatic carbocycles. The van der Waals surface area contributed by atoms with Crippen molar-refractivity contribution in [2.75, 3.05) is 17.6 Å². The Morgan fingerprint density at radius 3 is 2.67 bits per heavy atom. The first-order valence-corrected chi connectivity index (χ1v) is 8.18. The van der Waals surface area contributed by atoms with E-state index in [4.69, 9.17) is 0 Å². The number of anilines is 1. The molecule has 4 heteroatoms. The smallest absolute Gasteiger partial charge is 0.307 e. The van der Waals surface area contributed by atoms with Gasteiger partial charge in [0.05, 0.1) is 0 Å². The largest absolute Gasteiger partial charge is 0.323 e. The standard InChI is InChI=1S/C17H16N2OS/c20-16-18-15-10-5-4-9-14(15)17(13-7-2-1-3-8-13)19(16)11-6-12-21-17/h1-5,7-10H,6,11-12H2,(H,18,20). The van der Waals surface area contributed by atoms with Crippen molar-refractivity contribution in [2.24, 2.45) is 0 Å². The van der Waals surface area contributed by atoms with Crippen LogP contribution in [-0.2, 0) is 4.87 Å².